The highest BCUT2D eigenvalue weighted by atomic mass is 15.2. The second-order valence-corrected chi connectivity index (χ2v) is 8.27. The van der Waals surface area contributed by atoms with Gasteiger partial charge in [0.05, 0.1) is 0 Å². The van der Waals surface area contributed by atoms with Crippen LogP contribution in [-0.2, 0) is 0 Å². The molecule has 0 aromatic rings. The molecule has 2 aliphatic carbocycles. The highest BCUT2D eigenvalue weighted by Crippen LogP contribution is 2.40. The second kappa shape index (κ2) is 7.00. The Hall–Kier alpha value is -0.0800. The van der Waals surface area contributed by atoms with Gasteiger partial charge in [-0.1, -0.05) is 26.7 Å². The maximum atomic E-state index is 3.66. The first kappa shape index (κ1) is 15.8. The van der Waals surface area contributed by atoms with Crippen LogP contribution in [0.25, 0.3) is 0 Å². The van der Waals surface area contributed by atoms with Gasteiger partial charge in [-0.05, 0) is 76.3 Å². The van der Waals surface area contributed by atoms with Crippen molar-refractivity contribution in [1.29, 1.82) is 0 Å². The van der Waals surface area contributed by atoms with Crippen LogP contribution in [0.1, 0.15) is 71.6 Å². The molecule has 5 unspecified atom stereocenters. The molecule has 1 N–H and O–H groups in total. The largest absolute Gasteiger partial charge is 0.315 e. The van der Waals surface area contributed by atoms with Crippen molar-refractivity contribution in [2.75, 3.05) is 13.6 Å². The number of nitrogens with one attached hydrogen (secondary N) is 1. The zero-order valence-electron chi connectivity index (χ0n) is 14.5. The first-order chi connectivity index (χ1) is 10.2. The van der Waals surface area contributed by atoms with Crippen molar-refractivity contribution in [3.05, 3.63) is 0 Å². The Balaban J connectivity index is 1.74. The van der Waals surface area contributed by atoms with Crippen molar-refractivity contribution in [3.63, 3.8) is 0 Å². The van der Waals surface area contributed by atoms with Crippen LogP contribution in [0.3, 0.4) is 0 Å². The van der Waals surface area contributed by atoms with E-state index in [1.807, 2.05) is 0 Å². The Morgan fingerprint density at radius 1 is 0.905 bits per heavy atom. The summed E-state index contributed by atoms with van der Waals surface area (Å²) < 4.78 is 0. The predicted octanol–water partition coefficient (Wildman–Crippen LogP) is 4.05. The highest BCUT2D eigenvalue weighted by Gasteiger charge is 2.41. The lowest BCUT2D eigenvalue weighted by atomic mass is 9.72. The van der Waals surface area contributed by atoms with Gasteiger partial charge < -0.3 is 5.32 Å². The Labute approximate surface area is 132 Å². The lowest BCUT2D eigenvalue weighted by Crippen LogP contribution is -2.59. The Morgan fingerprint density at radius 3 is 2.43 bits per heavy atom. The number of likely N-dealkylation sites (N-methyl/N-ethyl adjacent to an activating group) is 1. The van der Waals surface area contributed by atoms with Crippen LogP contribution < -0.4 is 5.32 Å². The predicted molar refractivity (Wildman–Crippen MR) is 90.5 cm³/mol. The summed E-state index contributed by atoms with van der Waals surface area (Å²) in [6.45, 7) is 6.23. The van der Waals surface area contributed by atoms with Gasteiger partial charge in [-0.15, -0.1) is 0 Å². The lowest BCUT2D eigenvalue weighted by Gasteiger charge is -2.52. The van der Waals surface area contributed by atoms with Crippen LogP contribution in [-0.4, -0.2) is 36.6 Å². The molecule has 2 nitrogen and oxygen atoms in total. The quantitative estimate of drug-likeness (QED) is 0.844. The van der Waals surface area contributed by atoms with Gasteiger partial charge in [0.2, 0.25) is 0 Å². The summed E-state index contributed by atoms with van der Waals surface area (Å²) in [7, 11) is 2.19. The minimum atomic E-state index is 0.737. The van der Waals surface area contributed by atoms with Gasteiger partial charge >= 0.3 is 0 Å². The number of hydrogen-bond acceptors (Lipinski definition) is 2. The van der Waals surface area contributed by atoms with Gasteiger partial charge in [0.15, 0.2) is 0 Å². The highest BCUT2D eigenvalue weighted by molar-refractivity contribution is 4.97. The molecule has 0 amide bonds. The number of nitrogens with zero attached hydrogens (tertiary/aromatic N) is 1. The van der Waals surface area contributed by atoms with E-state index in [1.165, 1.54) is 64.3 Å². The molecule has 3 fully saturated rings. The summed E-state index contributed by atoms with van der Waals surface area (Å²) in [4.78, 5) is 2.98. The molecule has 3 aliphatic rings. The normalized spacial score (nSPS) is 42.0. The monoisotopic (exact) mass is 292 g/mol. The molecular formula is C19H36N2. The number of piperidine rings is 1. The van der Waals surface area contributed by atoms with Crippen LogP contribution in [0, 0.1) is 17.8 Å². The molecule has 0 bridgehead atoms. The van der Waals surface area contributed by atoms with Crippen molar-refractivity contribution >= 4 is 0 Å². The van der Waals surface area contributed by atoms with Crippen LogP contribution in [0.4, 0.5) is 0 Å². The second-order valence-electron chi connectivity index (χ2n) is 8.27. The van der Waals surface area contributed by atoms with Crippen LogP contribution in [0.5, 0.6) is 0 Å². The van der Waals surface area contributed by atoms with E-state index in [0.29, 0.717) is 0 Å². The van der Waals surface area contributed by atoms with Crippen molar-refractivity contribution in [2.45, 2.75) is 89.8 Å². The number of fused-ring (bicyclic) bond motifs is 1. The molecular weight excluding hydrogens is 256 g/mol. The molecule has 122 valence electrons. The zero-order chi connectivity index (χ0) is 14.8. The van der Waals surface area contributed by atoms with Gasteiger partial charge in [0.25, 0.3) is 0 Å². The number of likely N-dealkylation sites (tertiary alicyclic amines) is 1. The third kappa shape index (κ3) is 3.32. The maximum Gasteiger partial charge on any atom is 0.0255 e. The molecule has 2 saturated carbocycles. The van der Waals surface area contributed by atoms with Crippen LogP contribution in [0.15, 0.2) is 0 Å². The lowest BCUT2D eigenvalue weighted by molar-refractivity contribution is -0.0118. The molecule has 0 spiro atoms. The fourth-order valence-corrected chi connectivity index (χ4v) is 5.56. The van der Waals surface area contributed by atoms with Crippen molar-refractivity contribution in [1.82, 2.24) is 10.2 Å². The summed E-state index contributed by atoms with van der Waals surface area (Å²) in [5, 5.41) is 3.66. The van der Waals surface area contributed by atoms with Crippen molar-refractivity contribution in [3.8, 4) is 0 Å². The SMILES string of the molecule is CNC1CCC(C(C)C)CC1N1CCCC2CCCCC21. The van der Waals surface area contributed by atoms with E-state index < -0.39 is 0 Å². The van der Waals surface area contributed by atoms with Gasteiger partial charge in [-0.2, -0.15) is 0 Å². The molecule has 21 heavy (non-hydrogen) atoms. The number of hydrogen-bond donors (Lipinski definition) is 1. The van der Waals surface area contributed by atoms with Gasteiger partial charge in [0, 0.05) is 18.1 Å². The van der Waals surface area contributed by atoms with E-state index in [9.17, 15) is 0 Å². The van der Waals surface area contributed by atoms with Gasteiger partial charge in [-0.3, -0.25) is 4.90 Å². The minimum Gasteiger partial charge on any atom is -0.315 e. The number of rotatable bonds is 3. The molecule has 2 heteroatoms. The topological polar surface area (TPSA) is 15.3 Å². The van der Waals surface area contributed by atoms with Crippen molar-refractivity contribution in [2.24, 2.45) is 17.8 Å². The average Bonchev–Trinajstić information content (AvgIpc) is 2.53. The smallest absolute Gasteiger partial charge is 0.0255 e. The summed E-state index contributed by atoms with van der Waals surface area (Å²) in [5.74, 6) is 2.82. The van der Waals surface area contributed by atoms with Gasteiger partial charge in [-0.25, -0.2) is 0 Å². The molecule has 1 aliphatic heterocycles. The molecule has 1 saturated heterocycles. The third-order valence-electron chi connectivity index (χ3n) is 6.88. The molecule has 5 atom stereocenters. The zero-order valence-corrected chi connectivity index (χ0v) is 14.5. The minimum absolute atomic E-state index is 0.737. The first-order valence-electron chi connectivity index (χ1n) is 9.63. The van der Waals surface area contributed by atoms with Crippen molar-refractivity contribution < 1.29 is 0 Å². The van der Waals surface area contributed by atoms with E-state index in [0.717, 1.165) is 35.9 Å². The molecule has 0 aromatic carbocycles. The Bertz CT molecular complexity index is 326. The molecule has 3 rings (SSSR count). The summed E-state index contributed by atoms with van der Waals surface area (Å²) in [6, 6.07) is 2.46. The summed E-state index contributed by atoms with van der Waals surface area (Å²) in [5.41, 5.74) is 0. The van der Waals surface area contributed by atoms with Crippen LogP contribution >= 0.6 is 0 Å². The molecule has 0 radical (unpaired) electrons. The summed E-state index contributed by atoms with van der Waals surface area (Å²) >= 11 is 0. The fraction of sp³-hybridized carbons (Fsp3) is 1.00. The van der Waals surface area contributed by atoms with E-state index in [4.69, 9.17) is 0 Å². The van der Waals surface area contributed by atoms with E-state index >= 15 is 0 Å². The van der Waals surface area contributed by atoms with E-state index in [-0.39, 0.29) is 0 Å². The maximum absolute atomic E-state index is 3.66. The molecule has 0 aromatic heterocycles. The van der Waals surface area contributed by atoms with E-state index in [2.05, 4.69) is 31.1 Å². The first-order valence-corrected chi connectivity index (χ1v) is 9.63. The Morgan fingerprint density at radius 2 is 1.67 bits per heavy atom. The third-order valence-corrected chi connectivity index (χ3v) is 6.88. The fourth-order valence-electron chi connectivity index (χ4n) is 5.56. The molecule has 1 heterocycles. The average molecular weight is 293 g/mol. The standard InChI is InChI=1S/C19H36N2/c1-14(2)16-10-11-17(20-3)19(13-16)21-12-6-8-15-7-4-5-9-18(15)21/h14-20H,4-13H2,1-3H3. The summed E-state index contributed by atoms with van der Waals surface area (Å²) in [6.07, 6.45) is 13.2. The van der Waals surface area contributed by atoms with E-state index in [1.54, 1.807) is 0 Å². The van der Waals surface area contributed by atoms with Gasteiger partial charge in [0.1, 0.15) is 0 Å². The van der Waals surface area contributed by atoms with Crippen LogP contribution in [0.2, 0.25) is 0 Å². The Kier molecular flexibility index (Phi) is 5.27.